The number of carbonyl (C=O) groups is 11. The zero-order valence-electron chi connectivity index (χ0n) is 65.8. The molecule has 6 N–H and O–H groups in total. The van der Waals surface area contributed by atoms with E-state index in [-0.39, 0.29) is 119 Å². The summed E-state index contributed by atoms with van der Waals surface area (Å²) in [5, 5.41) is 16.6. The summed E-state index contributed by atoms with van der Waals surface area (Å²) in [4.78, 5) is 144. The van der Waals surface area contributed by atoms with E-state index in [2.05, 4.69) is 90.5 Å². The van der Waals surface area contributed by atoms with Gasteiger partial charge in [0.2, 0.25) is 35.4 Å². The fourth-order valence-corrected chi connectivity index (χ4v) is 10.5. The summed E-state index contributed by atoms with van der Waals surface area (Å²) < 4.78 is 26.8. The number of esters is 5. The molecule has 0 aromatic heterocycles. The van der Waals surface area contributed by atoms with Gasteiger partial charge < -0.3 is 55.6 Å². The number of allylic oxidation sites excluding steroid dienone is 8. The van der Waals surface area contributed by atoms with Crippen molar-refractivity contribution in [3.05, 3.63) is 149 Å². The van der Waals surface area contributed by atoms with Gasteiger partial charge in [-0.3, -0.25) is 47.9 Å². The van der Waals surface area contributed by atoms with Crippen LogP contribution in [-0.4, -0.2) is 98.3 Å². The molecule has 0 aliphatic carbocycles. The molecule has 108 heavy (non-hydrogen) atoms. The molecule has 3 rings (SSSR count). The van der Waals surface area contributed by atoms with Crippen molar-refractivity contribution in [1.29, 1.82) is 0 Å². The van der Waals surface area contributed by atoms with Crippen LogP contribution in [-0.2, 0) is 76.4 Å². The maximum atomic E-state index is 13.9. The van der Waals surface area contributed by atoms with Crippen LogP contribution in [0, 0.1) is 23.7 Å². The predicted molar refractivity (Wildman–Crippen MR) is 430 cm³/mol. The average molecular weight is 1490 g/mol. The molecule has 3 aromatic rings. The normalized spacial score (nSPS) is 12.1. The van der Waals surface area contributed by atoms with Gasteiger partial charge in [-0.25, -0.2) is 4.79 Å². The van der Waals surface area contributed by atoms with Gasteiger partial charge in [0.05, 0.1) is 52.1 Å². The first-order valence-corrected chi connectivity index (χ1v) is 37.6. The smallest absolute Gasteiger partial charge is 0.331 e. The summed E-state index contributed by atoms with van der Waals surface area (Å²) in [5.74, 6) is -4.94. The quantitative estimate of drug-likeness (QED) is 0.0132. The molecule has 588 valence electrons. The Morgan fingerprint density at radius 3 is 0.806 bits per heavy atom. The van der Waals surface area contributed by atoms with Crippen molar-refractivity contribution in [2.75, 3.05) is 64.9 Å². The molecule has 4 unspecified atom stereocenters. The summed E-state index contributed by atoms with van der Waals surface area (Å²) in [6.45, 7) is 29.1. The monoisotopic (exact) mass is 1490 g/mol. The molecule has 22 heteroatoms. The lowest BCUT2D eigenvalue weighted by atomic mass is 10.0. The minimum Gasteiger partial charge on any atom is -0.466 e. The van der Waals surface area contributed by atoms with E-state index in [0.29, 0.717) is 66.0 Å². The summed E-state index contributed by atoms with van der Waals surface area (Å²) in [7, 11) is 0. The molecule has 0 fully saturated rings. The Morgan fingerprint density at radius 1 is 0.324 bits per heavy atom. The van der Waals surface area contributed by atoms with E-state index in [0.717, 1.165) is 57.4 Å². The lowest BCUT2D eigenvalue weighted by Gasteiger charge is -2.12. The molecule has 6 amide bonds. The highest BCUT2D eigenvalue weighted by Gasteiger charge is 2.18. The second-order valence-electron chi connectivity index (χ2n) is 28.5. The third-order valence-corrected chi connectivity index (χ3v) is 16.7. The number of amides is 6. The number of anilines is 6. The maximum absolute atomic E-state index is 13.9. The Balaban J connectivity index is 1.90. The first-order valence-electron chi connectivity index (χ1n) is 37.6. The molecule has 0 heterocycles. The van der Waals surface area contributed by atoms with E-state index >= 15 is 0 Å². The van der Waals surface area contributed by atoms with Crippen molar-refractivity contribution in [1.82, 2.24) is 0 Å². The Hall–Kier alpha value is -10.3. The third kappa shape index (κ3) is 46.0. The van der Waals surface area contributed by atoms with Gasteiger partial charge in [0.15, 0.2) is 0 Å². The van der Waals surface area contributed by atoms with Crippen LogP contribution in [0.1, 0.15) is 228 Å². The minimum atomic E-state index is -0.703. The summed E-state index contributed by atoms with van der Waals surface area (Å²) >= 11 is 0. The fraction of sp³-hybridized carbons (Fsp3) is 0.477. The van der Waals surface area contributed by atoms with Crippen LogP contribution in [0.15, 0.2) is 132 Å². The van der Waals surface area contributed by atoms with E-state index < -0.39 is 65.3 Å². The first kappa shape index (κ1) is 92.0. The van der Waals surface area contributed by atoms with Crippen LogP contribution in [0.5, 0.6) is 0 Å². The van der Waals surface area contributed by atoms with E-state index in [1.165, 1.54) is 89.1 Å². The van der Waals surface area contributed by atoms with Crippen molar-refractivity contribution in [2.45, 2.75) is 212 Å². The van der Waals surface area contributed by atoms with E-state index in [4.69, 9.17) is 23.7 Å². The standard InChI is InChI=1S/C86H118N6O16/c1-14-45-104-82(99)36-29-69-54-74(87-76(93)30-27-67-50-70(89-78(95)32-37-83(100)105-46-41-63(10)23-15-19-59(2)3)56-71(51-67)90-79(96)33-38-84(101)106-47-42-64(11)24-16-20-60(4)5)58-75(55-69)88-77(94)31-28-68-52-72(91-80(97)34-39-85(102)107-48-43-65(12)25-17-21-61(6)7)57-73(53-68)92-81(98)35-40-86(103)108-49-44-66(13)26-18-22-62(8)9/h14,19-22,27-31,36,50-58,63-66H,1,15-18,23-26,32-35,37-49H2,2-13H3,(H,87,93)(H,88,94)(H,89,95)(H,90,96)(H,91,97)(H,92,98)/b30-27+,31-28+,36-29+. The molecule has 0 spiro atoms. The number of rotatable bonds is 50. The summed E-state index contributed by atoms with van der Waals surface area (Å²) in [6.07, 6.45) is 26.5. The van der Waals surface area contributed by atoms with Crippen LogP contribution < -0.4 is 31.9 Å². The number of carbonyl (C=O) groups excluding carboxylic acids is 11. The summed E-state index contributed by atoms with van der Waals surface area (Å²) in [6, 6.07) is 13.7. The van der Waals surface area contributed by atoms with Gasteiger partial charge >= 0.3 is 29.8 Å². The van der Waals surface area contributed by atoms with Gasteiger partial charge in [-0.2, -0.15) is 0 Å². The molecule has 4 atom stereocenters. The molecule has 0 bridgehead atoms. The van der Waals surface area contributed by atoms with Crippen LogP contribution >= 0.6 is 0 Å². The molecule has 0 saturated carbocycles. The molecule has 0 saturated heterocycles. The molecule has 0 aliphatic rings. The first-order chi connectivity index (χ1) is 51.4. The van der Waals surface area contributed by atoms with Crippen LogP contribution in [0.3, 0.4) is 0 Å². The topological polar surface area (TPSA) is 306 Å². The number of hydrogen-bond donors (Lipinski definition) is 6. The van der Waals surface area contributed by atoms with Gasteiger partial charge in [-0.05, 0) is 246 Å². The highest BCUT2D eigenvalue weighted by Crippen LogP contribution is 2.26. The average Bonchev–Trinajstić information content (AvgIpc) is 0.859. The highest BCUT2D eigenvalue weighted by atomic mass is 16.5. The SMILES string of the molecule is C=CCOC(=O)/C=C/c1cc(NC(=O)/C=C/c2cc(NC(=O)CCC(=O)OCCC(C)CCC=C(C)C)cc(NC(=O)CCC(=O)OCCC(C)CCC=C(C)C)c2)cc(NC(=O)/C=C/c2cc(NC(=O)CCC(=O)OCCC(C)CCC=C(C)C)cc(NC(=O)CCC(=O)OCCC(C)CCC=C(C)C)c2)c1. The van der Waals surface area contributed by atoms with Crippen LogP contribution in [0.25, 0.3) is 18.2 Å². The molecular weight excluding hydrogens is 1370 g/mol. The van der Waals surface area contributed by atoms with Crippen molar-refractivity contribution in [2.24, 2.45) is 23.7 Å². The Bertz CT molecular complexity index is 3330. The van der Waals surface area contributed by atoms with Gasteiger partial charge in [-0.1, -0.05) is 86.9 Å². The van der Waals surface area contributed by atoms with Crippen molar-refractivity contribution < 1.29 is 76.4 Å². The van der Waals surface area contributed by atoms with E-state index in [9.17, 15) is 52.7 Å². The molecule has 22 nitrogen and oxygen atoms in total. The number of benzene rings is 3. The molecule has 3 aromatic carbocycles. The number of nitrogens with one attached hydrogen (secondary N) is 6. The second-order valence-corrected chi connectivity index (χ2v) is 28.5. The molecular formula is C86H118N6O16. The largest absolute Gasteiger partial charge is 0.466 e. The van der Waals surface area contributed by atoms with Crippen LogP contribution in [0.4, 0.5) is 34.1 Å². The zero-order valence-corrected chi connectivity index (χ0v) is 65.8. The van der Waals surface area contributed by atoms with Crippen LogP contribution in [0.2, 0.25) is 0 Å². The van der Waals surface area contributed by atoms with Gasteiger partial charge in [0, 0.05) is 78.0 Å². The lowest BCUT2D eigenvalue weighted by molar-refractivity contribution is -0.145. The predicted octanol–water partition coefficient (Wildman–Crippen LogP) is 17.9. The van der Waals surface area contributed by atoms with Gasteiger partial charge in [0.1, 0.15) is 6.61 Å². The minimum absolute atomic E-state index is 0.0607. The van der Waals surface area contributed by atoms with Gasteiger partial charge in [0.25, 0.3) is 0 Å². The Kier molecular flexibility index (Phi) is 44.9. The molecule has 0 aliphatic heterocycles. The number of ether oxygens (including phenoxy) is 5. The fourth-order valence-electron chi connectivity index (χ4n) is 10.5. The number of hydrogen-bond acceptors (Lipinski definition) is 16. The highest BCUT2D eigenvalue weighted by molar-refractivity contribution is 6.06. The van der Waals surface area contributed by atoms with Gasteiger partial charge in [-0.15, -0.1) is 0 Å². The third-order valence-electron chi connectivity index (χ3n) is 16.7. The van der Waals surface area contributed by atoms with E-state index in [1.54, 1.807) is 24.3 Å². The van der Waals surface area contributed by atoms with Crippen molar-refractivity contribution in [3.8, 4) is 0 Å². The van der Waals surface area contributed by atoms with E-state index in [1.807, 2.05) is 55.4 Å². The zero-order chi connectivity index (χ0) is 79.8. The maximum Gasteiger partial charge on any atom is 0.331 e. The van der Waals surface area contributed by atoms with Crippen molar-refractivity contribution >= 4 is 118 Å². The Morgan fingerprint density at radius 2 is 0.565 bits per heavy atom. The lowest BCUT2D eigenvalue weighted by Crippen LogP contribution is -2.17. The molecule has 0 radical (unpaired) electrons. The van der Waals surface area contributed by atoms with Crippen molar-refractivity contribution in [3.63, 3.8) is 0 Å². The summed E-state index contributed by atoms with van der Waals surface area (Å²) in [5.41, 5.74) is 7.14. The second kappa shape index (κ2) is 52.7. The Labute approximate surface area is 639 Å².